The van der Waals surface area contributed by atoms with Crippen LogP contribution in [0.3, 0.4) is 0 Å². The van der Waals surface area contributed by atoms with E-state index in [1.807, 2.05) is 30.3 Å². The Morgan fingerprint density at radius 3 is 2.26 bits per heavy atom. The molecule has 0 unspecified atom stereocenters. The summed E-state index contributed by atoms with van der Waals surface area (Å²) in [5.74, 6) is 1.39. The summed E-state index contributed by atoms with van der Waals surface area (Å²) < 4.78 is 11.0. The number of Topliss-reactive ketones (excluding diaryl/α,β-unsaturated/α-hetero) is 1. The molecule has 0 spiro atoms. The Hall–Kier alpha value is -2.36. The largest absolute Gasteiger partial charge is 0.490 e. The van der Waals surface area contributed by atoms with Gasteiger partial charge in [0.05, 0.1) is 6.20 Å². The third kappa shape index (κ3) is 4.10. The van der Waals surface area contributed by atoms with Crippen molar-refractivity contribution < 1.29 is 14.3 Å². The van der Waals surface area contributed by atoms with Crippen LogP contribution < -0.4 is 9.47 Å². The van der Waals surface area contributed by atoms with Crippen molar-refractivity contribution in [3.05, 3.63) is 54.4 Å². The number of hydrogen-bond acceptors (Lipinski definition) is 4. The maximum atomic E-state index is 11.1. The molecule has 1 aromatic carbocycles. The van der Waals surface area contributed by atoms with Crippen LogP contribution in [0.2, 0.25) is 0 Å². The van der Waals surface area contributed by atoms with E-state index in [0.717, 1.165) is 5.75 Å². The quantitative estimate of drug-likeness (QED) is 0.589. The number of pyridine rings is 1. The van der Waals surface area contributed by atoms with E-state index in [2.05, 4.69) is 4.98 Å². The first-order valence-electron chi connectivity index (χ1n) is 6.03. The molecule has 4 nitrogen and oxygen atoms in total. The number of aromatic nitrogens is 1. The lowest BCUT2D eigenvalue weighted by atomic mass is 10.3. The average Bonchev–Trinajstić information content (AvgIpc) is 2.45. The van der Waals surface area contributed by atoms with E-state index in [0.29, 0.717) is 24.7 Å². The minimum atomic E-state index is -0.0565. The van der Waals surface area contributed by atoms with Crippen LogP contribution in [-0.4, -0.2) is 24.0 Å². The van der Waals surface area contributed by atoms with Crippen molar-refractivity contribution in [3.63, 3.8) is 0 Å². The first kappa shape index (κ1) is 13.1. The molecule has 0 aliphatic heterocycles. The summed E-state index contributed by atoms with van der Waals surface area (Å²) in [4.78, 5) is 15.1. The molecular formula is C15H15NO3. The molecule has 0 amide bonds. The third-order valence-corrected chi connectivity index (χ3v) is 2.46. The van der Waals surface area contributed by atoms with Gasteiger partial charge < -0.3 is 9.47 Å². The zero-order valence-electron chi connectivity index (χ0n) is 10.7. The van der Waals surface area contributed by atoms with E-state index in [1.165, 1.54) is 6.92 Å². The summed E-state index contributed by atoms with van der Waals surface area (Å²) in [5, 5.41) is 0. The molecule has 0 radical (unpaired) electrons. The number of ether oxygens (including phenoxy) is 2. The van der Waals surface area contributed by atoms with Crippen LogP contribution in [0.15, 0.2) is 48.7 Å². The van der Waals surface area contributed by atoms with Gasteiger partial charge in [0.1, 0.15) is 30.4 Å². The number of nitrogens with zero attached hydrogens (tertiary/aromatic N) is 1. The Labute approximate surface area is 112 Å². The molecule has 0 saturated heterocycles. The number of carbonyl (C=O) groups is 1. The van der Waals surface area contributed by atoms with E-state index in [9.17, 15) is 4.79 Å². The lowest BCUT2D eigenvalue weighted by molar-refractivity contribution is 0.101. The lowest BCUT2D eigenvalue weighted by Crippen LogP contribution is -2.09. The fourth-order valence-corrected chi connectivity index (χ4v) is 1.51. The smallest absolute Gasteiger partial charge is 0.178 e. The van der Waals surface area contributed by atoms with Crippen molar-refractivity contribution in [3.8, 4) is 11.5 Å². The summed E-state index contributed by atoms with van der Waals surface area (Å²) in [6, 6.07) is 12.9. The van der Waals surface area contributed by atoms with Crippen LogP contribution in [0.1, 0.15) is 17.4 Å². The Morgan fingerprint density at radius 1 is 1.00 bits per heavy atom. The summed E-state index contributed by atoms with van der Waals surface area (Å²) in [6.45, 7) is 2.37. The molecule has 1 aromatic heterocycles. The molecule has 19 heavy (non-hydrogen) atoms. The van der Waals surface area contributed by atoms with Crippen LogP contribution in [0.5, 0.6) is 11.5 Å². The highest BCUT2D eigenvalue weighted by Gasteiger charge is 2.01. The summed E-state index contributed by atoms with van der Waals surface area (Å²) in [5.41, 5.74) is 0.438. The van der Waals surface area contributed by atoms with Crippen LogP contribution in [0.25, 0.3) is 0 Å². The van der Waals surface area contributed by atoms with Gasteiger partial charge in [-0.1, -0.05) is 18.2 Å². The van der Waals surface area contributed by atoms with E-state index in [4.69, 9.17) is 9.47 Å². The zero-order valence-corrected chi connectivity index (χ0v) is 10.7. The molecule has 0 N–H and O–H groups in total. The first-order chi connectivity index (χ1) is 9.25. The Balaban J connectivity index is 1.75. The van der Waals surface area contributed by atoms with Crippen molar-refractivity contribution in [2.75, 3.05) is 13.2 Å². The van der Waals surface area contributed by atoms with Crippen molar-refractivity contribution in [1.29, 1.82) is 0 Å². The van der Waals surface area contributed by atoms with Crippen LogP contribution in [0, 0.1) is 0 Å². The molecule has 2 aromatic rings. The Morgan fingerprint density at radius 2 is 1.68 bits per heavy atom. The van der Waals surface area contributed by atoms with Gasteiger partial charge in [-0.25, -0.2) is 4.98 Å². The maximum Gasteiger partial charge on any atom is 0.178 e. The molecule has 0 fully saturated rings. The highest BCUT2D eigenvalue weighted by atomic mass is 16.5. The van der Waals surface area contributed by atoms with Crippen LogP contribution >= 0.6 is 0 Å². The van der Waals surface area contributed by atoms with Crippen LogP contribution in [-0.2, 0) is 0 Å². The summed E-state index contributed by atoms with van der Waals surface area (Å²) in [6.07, 6.45) is 1.54. The second-order valence-electron chi connectivity index (χ2n) is 3.95. The molecule has 1 heterocycles. The molecule has 4 heteroatoms. The van der Waals surface area contributed by atoms with Gasteiger partial charge in [-0.3, -0.25) is 4.79 Å². The number of ketones is 1. The molecular weight excluding hydrogens is 242 g/mol. The van der Waals surface area contributed by atoms with Crippen LogP contribution in [0.4, 0.5) is 0 Å². The highest BCUT2D eigenvalue weighted by Crippen LogP contribution is 2.10. The second-order valence-corrected chi connectivity index (χ2v) is 3.95. The Bertz CT molecular complexity index is 523. The number of hydrogen-bond donors (Lipinski definition) is 0. The van der Waals surface area contributed by atoms with Gasteiger partial charge in [0, 0.05) is 6.92 Å². The van der Waals surface area contributed by atoms with Gasteiger partial charge in [-0.05, 0) is 24.3 Å². The molecule has 0 aliphatic carbocycles. The number of para-hydroxylation sites is 1. The average molecular weight is 257 g/mol. The predicted octanol–water partition coefficient (Wildman–Crippen LogP) is 2.74. The van der Waals surface area contributed by atoms with Gasteiger partial charge in [-0.2, -0.15) is 0 Å². The fraction of sp³-hybridized carbons (Fsp3) is 0.200. The Kier molecular flexibility index (Phi) is 4.50. The highest BCUT2D eigenvalue weighted by molar-refractivity contribution is 5.92. The second kappa shape index (κ2) is 6.54. The first-order valence-corrected chi connectivity index (χ1v) is 6.03. The number of rotatable bonds is 6. The van der Waals surface area contributed by atoms with E-state index in [1.54, 1.807) is 18.3 Å². The van der Waals surface area contributed by atoms with Gasteiger partial charge in [0.15, 0.2) is 5.78 Å². The monoisotopic (exact) mass is 257 g/mol. The predicted molar refractivity (Wildman–Crippen MR) is 71.7 cm³/mol. The lowest BCUT2D eigenvalue weighted by Gasteiger charge is -2.08. The minimum Gasteiger partial charge on any atom is -0.490 e. The van der Waals surface area contributed by atoms with E-state index in [-0.39, 0.29) is 5.78 Å². The molecule has 2 rings (SSSR count). The van der Waals surface area contributed by atoms with Crippen molar-refractivity contribution in [2.45, 2.75) is 6.92 Å². The normalized spacial score (nSPS) is 9.95. The van der Waals surface area contributed by atoms with Crippen molar-refractivity contribution in [1.82, 2.24) is 4.98 Å². The summed E-state index contributed by atoms with van der Waals surface area (Å²) >= 11 is 0. The van der Waals surface area contributed by atoms with Crippen molar-refractivity contribution in [2.24, 2.45) is 0 Å². The number of carbonyl (C=O) groups excluding carboxylic acids is 1. The minimum absolute atomic E-state index is 0.0565. The van der Waals surface area contributed by atoms with Gasteiger partial charge in [0.2, 0.25) is 0 Å². The molecule has 0 aliphatic rings. The molecule has 0 atom stereocenters. The van der Waals surface area contributed by atoms with E-state index < -0.39 is 0 Å². The zero-order chi connectivity index (χ0) is 13.5. The topological polar surface area (TPSA) is 48.4 Å². The molecule has 0 bridgehead atoms. The fourth-order valence-electron chi connectivity index (χ4n) is 1.51. The number of benzene rings is 1. The third-order valence-electron chi connectivity index (χ3n) is 2.46. The maximum absolute atomic E-state index is 11.1. The SMILES string of the molecule is CC(=O)c1ccc(OCCOc2ccccc2)cn1. The standard InChI is InChI=1S/C15H15NO3/c1-12(17)15-8-7-14(11-16-15)19-10-9-18-13-5-3-2-4-6-13/h2-8,11H,9-10H2,1H3. The molecule has 0 saturated carbocycles. The molecule has 98 valence electrons. The van der Waals surface area contributed by atoms with E-state index >= 15 is 0 Å². The van der Waals surface area contributed by atoms with Crippen molar-refractivity contribution >= 4 is 5.78 Å². The summed E-state index contributed by atoms with van der Waals surface area (Å²) in [7, 11) is 0. The van der Waals surface area contributed by atoms with Gasteiger partial charge >= 0.3 is 0 Å². The van der Waals surface area contributed by atoms with Gasteiger partial charge in [0.25, 0.3) is 0 Å². The van der Waals surface area contributed by atoms with Gasteiger partial charge in [-0.15, -0.1) is 0 Å².